The van der Waals surface area contributed by atoms with E-state index in [-0.39, 0.29) is 24.5 Å². The van der Waals surface area contributed by atoms with Crippen molar-refractivity contribution in [1.82, 2.24) is 0 Å². The van der Waals surface area contributed by atoms with Gasteiger partial charge in [0.15, 0.2) is 0 Å². The van der Waals surface area contributed by atoms with Crippen LogP contribution in [0.25, 0.3) is 0 Å². The Morgan fingerprint density at radius 3 is 2.78 bits per heavy atom. The van der Waals surface area contributed by atoms with Crippen molar-refractivity contribution in [3.05, 3.63) is 59.7 Å². The molecule has 1 aliphatic heterocycles. The van der Waals surface area contributed by atoms with E-state index < -0.39 is 0 Å². The Labute approximate surface area is 136 Å². The molecule has 0 aliphatic carbocycles. The number of anilines is 1. The fraction of sp³-hybridized carbons (Fsp3) is 0.316. The Bertz CT molecular complexity index is 700. The van der Waals surface area contributed by atoms with Crippen LogP contribution in [0.15, 0.2) is 48.5 Å². The van der Waals surface area contributed by atoms with Crippen LogP contribution in [0.2, 0.25) is 0 Å². The molecule has 0 radical (unpaired) electrons. The summed E-state index contributed by atoms with van der Waals surface area (Å²) in [5.74, 6) is 0.798. The predicted octanol–water partition coefficient (Wildman–Crippen LogP) is 3.20. The predicted molar refractivity (Wildman–Crippen MR) is 91.6 cm³/mol. The van der Waals surface area contributed by atoms with E-state index in [9.17, 15) is 4.79 Å². The first-order valence-electron chi connectivity index (χ1n) is 7.93. The summed E-state index contributed by atoms with van der Waals surface area (Å²) in [6.45, 7) is 4.54. The number of carbonyl (C=O) groups excluding carboxylic acids is 1. The summed E-state index contributed by atoms with van der Waals surface area (Å²) < 4.78 is 5.86. The number of nitrogens with zero attached hydrogens (tertiary/aromatic N) is 1. The third-order valence-electron chi connectivity index (χ3n) is 4.10. The van der Waals surface area contributed by atoms with Gasteiger partial charge in [-0.2, -0.15) is 0 Å². The summed E-state index contributed by atoms with van der Waals surface area (Å²) in [6.07, 6.45) is 0.255. The zero-order chi connectivity index (χ0) is 16.4. The van der Waals surface area contributed by atoms with Crippen molar-refractivity contribution in [2.24, 2.45) is 5.73 Å². The van der Waals surface area contributed by atoms with Gasteiger partial charge in [-0.25, -0.2) is 0 Å². The minimum Gasteiger partial charge on any atom is -0.487 e. The number of amides is 1. The number of benzene rings is 2. The van der Waals surface area contributed by atoms with Crippen LogP contribution >= 0.6 is 0 Å². The molecule has 3 rings (SSSR count). The number of hydrogen-bond acceptors (Lipinski definition) is 3. The van der Waals surface area contributed by atoms with Crippen molar-refractivity contribution >= 4 is 11.6 Å². The second kappa shape index (κ2) is 6.42. The molecule has 2 unspecified atom stereocenters. The van der Waals surface area contributed by atoms with Crippen LogP contribution in [0, 0.1) is 6.92 Å². The van der Waals surface area contributed by atoms with E-state index in [4.69, 9.17) is 10.5 Å². The highest BCUT2D eigenvalue weighted by molar-refractivity contribution is 5.95. The number of hydrogen-bond donors (Lipinski definition) is 1. The van der Waals surface area contributed by atoms with Crippen LogP contribution in [0.3, 0.4) is 0 Å². The van der Waals surface area contributed by atoms with Gasteiger partial charge in [0.2, 0.25) is 5.91 Å². The summed E-state index contributed by atoms with van der Waals surface area (Å²) in [5.41, 5.74) is 9.13. The molecule has 23 heavy (non-hydrogen) atoms. The summed E-state index contributed by atoms with van der Waals surface area (Å²) in [5, 5.41) is 0. The van der Waals surface area contributed by atoms with Gasteiger partial charge in [0.05, 0.1) is 12.2 Å². The Balaban J connectivity index is 1.80. The second-order valence-electron chi connectivity index (χ2n) is 6.13. The van der Waals surface area contributed by atoms with E-state index in [2.05, 4.69) is 0 Å². The van der Waals surface area contributed by atoms with Crippen molar-refractivity contribution in [3.63, 3.8) is 0 Å². The number of aryl methyl sites for hydroxylation is 1. The van der Waals surface area contributed by atoms with Crippen molar-refractivity contribution in [1.29, 1.82) is 0 Å². The van der Waals surface area contributed by atoms with Crippen molar-refractivity contribution in [2.75, 3.05) is 11.4 Å². The molecule has 4 nitrogen and oxygen atoms in total. The molecule has 0 bridgehead atoms. The quantitative estimate of drug-likeness (QED) is 0.947. The van der Waals surface area contributed by atoms with E-state index in [0.29, 0.717) is 6.54 Å². The van der Waals surface area contributed by atoms with Gasteiger partial charge in [-0.3, -0.25) is 4.79 Å². The van der Waals surface area contributed by atoms with Gasteiger partial charge < -0.3 is 15.4 Å². The fourth-order valence-corrected chi connectivity index (χ4v) is 2.90. The molecule has 2 aromatic carbocycles. The average molecular weight is 310 g/mol. The van der Waals surface area contributed by atoms with Gasteiger partial charge in [0, 0.05) is 12.5 Å². The summed E-state index contributed by atoms with van der Waals surface area (Å²) in [6, 6.07) is 15.4. The van der Waals surface area contributed by atoms with Gasteiger partial charge in [0.25, 0.3) is 0 Å². The van der Waals surface area contributed by atoms with E-state index in [0.717, 1.165) is 22.6 Å². The first-order valence-corrected chi connectivity index (χ1v) is 7.93. The molecule has 0 saturated heterocycles. The van der Waals surface area contributed by atoms with Gasteiger partial charge in [-0.1, -0.05) is 36.4 Å². The van der Waals surface area contributed by atoms with E-state index in [1.165, 1.54) is 0 Å². The first-order chi connectivity index (χ1) is 11.0. The van der Waals surface area contributed by atoms with E-state index >= 15 is 0 Å². The minimum absolute atomic E-state index is 0.0267. The number of nitrogens with two attached hydrogens (primary N) is 1. The molecule has 1 heterocycles. The minimum atomic E-state index is -0.296. The van der Waals surface area contributed by atoms with E-state index in [1.807, 2.05) is 62.4 Å². The monoisotopic (exact) mass is 310 g/mol. The molecule has 2 atom stereocenters. The molecule has 4 heteroatoms. The normalized spacial score (nSPS) is 18.0. The third kappa shape index (κ3) is 3.37. The molecule has 0 fully saturated rings. The number of rotatable bonds is 3. The molecule has 0 saturated carbocycles. The summed E-state index contributed by atoms with van der Waals surface area (Å²) in [4.78, 5) is 14.6. The smallest absolute Gasteiger partial charge is 0.229 e. The lowest BCUT2D eigenvalue weighted by molar-refractivity contribution is -0.119. The van der Waals surface area contributed by atoms with Crippen molar-refractivity contribution in [3.8, 4) is 5.75 Å². The highest BCUT2D eigenvalue weighted by Crippen LogP contribution is 2.35. The van der Waals surface area contributed by atoms with Crippen LogP contribution < -0.4 is 15.4 Å². The Hall–Kier alpha value is -2.33. The standard InChI is InChI=1S/C19H22N2O2/c1-13-8-9-17-18(10-13)23-14(2)12-21(17)19(22)11-16(20)15-6-4-3-5-7-15/h3-10,14,16H,11-12,20H2,1-2H3. The van der Waals surface area contributed by atoms with Gasteiger partial charge in [-0.05, 0) is 37.1 Å². The highest BCUT2D eigenvalue weighted by atomic mass is 16.5. The molecule has 0 spiro atoms. The van der Waals surface area contributed by atoms with Gasteiger partial charge >= 0.3 is 0 Å². The largest absolute Gasteiger partial charge is 0.487 e. The van der Waals surface area contributed by atoms with Gasteiger partial charge in [-0.15, -0.1) is 0 Å². The Morgan fingerprint density at radius 2 is 2.04 bits per heavy atom. The molecule has 1 amide bonds. The van der Waals surface area contributed by atoms with Crippen LogP contribution in [0.4, 0.5) is 5.69 Å². The van der Waals surface area contributed by atoms with Crippen molar-refractivity contribution < 1.29 is 9.53 Å². The second-order valence-corrected chi connectivity index (χ2v) is 6.13. The molecule has 2 N–H and O–H groups in total. The zero-order valence-electron chi connectivity index (χ0n) is 13.5. The maximum absolute atomic E-state index is 12.8. The zero-order valence-corrected chi connectivity index (χ0v) is 13.5. The maximum Gasteiger partial charge on any atom is 0.229 e. The molecule has 2 aromatic rings. The molecule has 0 aromatic heterocycles. The molecular formula is C19H22N2O2. The number of ether oxygens (including phenoxy) is 1. The maximum atomic E-state index is 12.8. The summed E-state index contributed by atoms with van der Waals surface area (Å²) in [7, 11) is 0. The lowest BCUT2D eigenvalue weighted by Gasteiger charge is -2.34. The average Bonchev–Trinajstić information content (AvgIpc) is 2.54. The lowest BCUT2D eigenvalue weighted by atomic mass is 10.0. The van der Waals surface area contributed by atoms with E-state index in [1.54, 1.807) is 4.90 Å². The van der Waals surface area contributed by atoms with Crippen LogP contribution in [-0.4, -0.2) is 18.6 Å². The van der Waals surface area contributed by atoms with Crippen LogP contribution in [-0.2, 0) is 4.79 Å². The SMILES string of the molecule is Cc1ccc2c(c1)OC(C)CN2C(=O)CC(N)c1ccccc1. The number of carbonyl (C=O) groups is 1. The van der Waals surface area contributed by atoms with Crippen LogP contribution in [0.5, 0.6) is 5.75 Å². The first kappa shape index (κ1) is 15.6. The lowest BCUT2D eigenvalue weighted by Crippen LogP contribution is -2.43. The molecular weight excluding hydrogens is 288 g/mol. The number of fused-ring (bicyclic) bond motifs is 1. The topological polar surface area (TPSA) is 55.6 Å². The highest BCUT2D eigenvalue weighted by Gasteiger charge is 2.28. The van der Waals surface area contributed by atoms with Gasteiger partial charge in [0.1, 0.15) is 11.9 Å². The summed E-state index contributed by atoms with van der Waals surface area (Å²) >= 11 is 0. The molecule has 1 aliphatic rings. The third-order valence-corrected chi connectivity index (χ3v) is 4.10. The van der Waals surface area contributed by atoms with Crippen LogP contribution in [0.1, 0.15) is 30.5 Å². The Kier molecular flexibility index (Phi) is 4.35. The Morgan fingerprint density at radius 1 is 1.30 bits per heavy atom. The fourth-order valence-electron chi connectivity index (χ4n) is 2.90. The van der Waals surface area contributed by atoms with Crippen molar-refractivity contribution in [2.45, 2.75) is 32.4 Å². The molecule has 120 valence electrons.